The van der Waals surface area contributed by atoms with Crippen LogP contribution in [0.1, 0.15) is 34.1 Å². The van der Waals surface area contributed by atoms with Crippen molar-refractivity contribution in [3.05, 3.63) is 18.2 Å². The van der Waals surface area contributed by atoms with Crippen molar-refractivity contribution in [1.29, 1.82) is 0 Å². The summed E-state index contributed by atoms with van der Waals surface area (Å²) in [5.74, 6) is 1.24. The lowest BCUT2D eigenvalue weighted by Gasteiger charge is -2.22. The summed E-state index contributed by atoms with van der Waals surface area (Å²) in [6.45, 7) is 9.35. The maximum absolute atomic E-state index is 12.2. The van der Waals surface area contributed by atoms with E-state index in [4.69, 9.17) is 9.47 Å². The predicted octanol–water partition coefficient (Wildman–Crippen LogP) is 3.06. The molecule has 0 radical (unpaired) electrons. The molecule has 0 saturated carbocycles. The molecule has 0 spiro atoms. The number of carbonyl (C=O) groups is 1. The van der Waals surface area contributed by atoms with E-state index in [1.54, 1.807) is 32.4 Å². The molecule has 5 heteroatoms. The zero-order valence-corrected chi connectivity index (χ0v) is 14.4. The van der Waals surface area contributed by atoms with Crippen LogP contribution in [0.5, 0.6) is 11.5 Å². The Kier molecular flexibility index (Phi) is 6.68. The Balaban J connectivity index is 2.61. The molecule has 1 amide bonds. The summed E-state index contributed by atoms with van der Waals surface area (Å²) in [4.78, 5) is 12.2. The highest BCUT2D eigenvalue weighted by atomic mass is 16.5. The first-order valence-corrected chi connectivity index (χ1v) is 7.50. The molecule has 1 aromatic rings. The van der Waals surface area contributed by atoms with Gasteiger partial charge in [0, 0.05) is 25.1 Å². The van der Waals surface area contributed by atoms with Crippen LogP contribution in [0.15, 0.2) is 18.2 Å². The molecule has 0 bridgehead atoms. The molecule has 0 heterocycles. The SMILES string of the molecule is COc1ccc(OC)c(NC(=O)CC(C)NCC(C)(C)C)c1. The number of nitrogens with one attached hydrogen (secondary N) is 2. The van der Waals surface area contributed by atoms with Crippen LogP contribution in [0.3, 0.4) is 0 Å². The largest absolute Gasteiger partial charge is 0.497 e. The van der Waals surface area contributed by atoms with Gasteiger partial charge in [0.15, 0.2) is 0 Å². The van der Waals surface area contributed by atoms with E-state index in [2.05, 4.69) is 31.4 Å². The van der Waals surface area contributed by atoms with Crippen LogP contribution >= 0.6 is 0 Å². The van der Waals surface area contributed by atoms with E-state index < -0.39 is 0 Å². The first-order chi connectivity index (χ1) is 10.2. The number of rotatable bonds is 7. The Morgan fingerprint density at radius 3 is 2.45 bits per heavy atom. The van der Waals surface area contributed by atoms with Gasteiger partial charge in [-0.2, -0.15) is 0 Å². The molecule has 0 aromatic heterocycles. The normalized spacial score (nSPS) is 12.6. The van der Waals surface area contributed by atoms with Gasteiger partial charge in [0.1, 0.15) is 11.5 Å². The number of anilines is 1. The number of amides is 1. The molecular formula is C17H28N2O3. The van der Waals surface area contributed by atoms with Crippen molar-refractivity contribution in [1.82, 2.24) is 5.32 Å². The van der Waals surface area contributed by atoms with Crippen LogP contribution in [0, 0.1) is 5.41 Å². The molecule has 1 rings (SSSR count). The highest BCUT2D eigenvalue weighted by Crippen LogP contribution is 2.29. The van der Waals surface area contributed by atoms with E-state index >= 15 is 0 Å². The summed E-state index contributed by atoms with van der Waals surface area (Å²) in [6, 6.07) is 5.43. The molecule has 1 unspecified atom stereocenters. The highest BCUT2D eigenvalue weighted by molar-refractivity contribution is 5.92. The summed E-state index contributed by atoms with van der Waals surface area (Å²) in [5.41, 5.74) is 0.815. The average molecular weight is 308 g/mol. The monoisotopic (exact) mass is 308 g/mol. The third-order valence-electron chi connectivity index (χ3n) is 3.15. The van der Waals surface area contributed by atoms with E-state index in [-0.39, 0.29) is 17.4 Å². The summed E-state index contributed by atoms with van der Waals surface area (Å²) in [5, 5.41) is 6.25. The van der Waals surface area contributed by atoms with E-state index in [0.717, 1.165) is 6.54 Å². The second-order valence-electron chi connectivity index (χ2n) is 6.66. The lowest BCUT2D eigenvalue weighted by molar-refractivity contribution is -0.116. The number of hydrogen-bond donors (Lipinski definition) is 2. The lowest BCUT2D eigenvalue weighted by atomic mass is 9.96. The van der Waals surface area contributed by atoms with Gasteiger partial charge < -0.3 is 20.1 Å². The number of benzene rings is 1. The molecule has 0 aliphatic carbocycles. The topological polar surface area (TPSA) is 59.6 Å². The van der Waals surface area contributed by atoms with Gasteiger partial charge in [0.05, 0.1) is 19.9 Å². The molecule has 0 fully saturated rings. The number of carbonyl (C=O) groups excluding carboxylic acids is 1. The van der Waals surface area contributed by atoms with E-state index in [9.17, 15) is 4.79 Å². The summed E-state index contributed by atoms with van der Waals surface area (Å²) < 4.78 is 10.4. The Hall–Kier alpha value is -1.75. The fourth-order valence-corrected chi connectivity index (χ4v) is 1.94. The van der Waals surface area contributed by atoms with Gasteiger partial charge in [-0.1, -0.05) is 20.8 Å². The first-order valence-electron chi connectivity index (χ1n) is 7.50. The quantitative estimate of drug-likeness (QED) is 0.813. The standard InChI is InChI=1S/C17H28N2O3/c1-12(18-11-17(2,3)4)9-16(20)19-14-10-13(21-5)7-8-15(14)22-6/h7-8,10,12,18H,9,11H2,1-6H3,(H,19,20). The number of hydrogen-bond acceptors (Lipinski definition) is 4. The molecule has 5 nitrogen and oxygen atoms in total. The second-order valence-corrected chi connectivity index (χ2v) is 6.66. The van der Waals surface area contributed by atoms with Crippen LogP contribution in [-0.4, -0.2) is 32.7 Å². The van der Waals surface area contributed by atoms with Gasteiger partial charge in [-0.3, -0.25) is 4.79 Å². The van der Waals surface area contributed by atoms with Crippen LogP contribution in [0.4, 0.5) is 5.69 Å². The van der Waals surface area contributed by atoms with E-state index in [1.165, 1.54) is 0 Å². The zero-order chi connectivity index (χ0) is 16.8. The van der Waals surface area contributed by atoms with Gasteiger partial charge in [0.25, 0.3) is 0 Å². The van der Waals surface area contributed by atoms with Gasteiger partial charge in [-0.05, 0) is 24.5 Å². The Bertz CT molecular complexity index is 495. The molecule has 1 aromatic carbocycles. The predicted molar refractivity (Wildman–Crippen MR) is 89.7 cm³/mol. The van der Waals surface area contributed by atoms with Crippen molar-refractivity contribution in [2.75, 3.05) is 26.1 Å². The van der Waals surface area contributed by atoms with Gasteiger partial charge in [-0.15, -0.1) is 0 Å². The van der Waals surface area contributed by atoms with Gasteiger partial charge in [-0.25, -0.2) is 0 Å². The van der Waals surface area contributed by atoms with Crippen LogP contribution < -0.4 is 20.1 Å². The molecule has 0 aliphatic heterocycles. The summed E-state index contributed by atoms with van der Waals surface area (Å²) >= 11 is 0. The van der Waals surface area contributed by atoms with Crippen LogP contribution in [-0.2, 0) is 4.79 Å². The number of methoxy groups -OCH3 is 2. The molecule has 0 saturated heterocycles. The molecule has 124 valence electrons. The Morgan fingerprint density at radius 2 is 1.91 bits per heavy atom. The maximum atomic E-state index is 12.2. The molecule has 0 aliphatic rings. The van der Waals surface area contributed by atoms with Gasteiger partial charge >= 0.3 is 0 Å². The van der Waals surface area contributed by atoms with Crippen LogP contribution in [0.25, 0.3) is 0 Å². The van der Waals surface area contributed by atoms with Gasteiger partial charge in [0.2, 0.25) is 5.91 Å². The minimum absolute atomic E-state index is 0.0551. The zero-order valence-electron chi connectivity index (χ0n) is 14.4. The fraction of sp³-hybridized carbons (Fsp3) is 0.588. The third-order valence-corrected chi connectivity index (χ3v) is 3.15. The average Bonchev–Trinajstić information content (AvgIpc) is 2.44. The molecule has 22 heavy (non-hydrogen) atoms. The molecule has 2 N–H and O–H groups in total. The third kappa shape index (κ3) is 6.35. The maximum Gasteiger partial charge on any atom is 0.226 e. The minimum Gasteiger partial charge on any atom is -0.497 e. The van der Waals surface area contributed by atoms with Crippen molar-refractivity contribution >= 4 is 11.6 Å². The van der Waals surface area contributed by atoms with Crippen molar-refractivity contribution in [2.24, 2.45) is 5.41 Å². The second kappa shape index (κ2) is 8.03. The van der Waals surface area contributed by atoms with E-state index in [1.807, 2.05) is 6.92 Å². The summed E-state index contributed by atoms with van der Waals surface area (Å²) in [6.07, 6.45) is 0.399. The Labute approximate surface area is 133 Å². The lowest BCUT2D eigenvalue weighted by Crippen LogP contribution is -2.36. The fourth-order valence-electron chi connectivity index (χ4n) is 1.94. The van der Waals surface area contributed by atoms with Crippen molar-refractivity contribution in [3.63, 3.8) is 0 Å². The van der Waals surface area contributed by atoms with E-state index in [0.29, 0.717) is 23.6 Å². The van der Waals surface area contributed by atoms with Crippen molar-refractivity contribution in [3.8, 4) is 11.5 Å². The first kappa shape index (κ1) is 18.3. The number of ether oxygens (including phenoxy) is 2. The molecule has 1 atom stereocenters. The Morgan fingerprint density at radius 1 is 1.23 bits per heavy atom. The van der Waals surface area contributed by atoms with Crippen molar-refractivity contribution in [2.45, 2.75) is 40.2 Å². The summed E-state index contributed by atoms with van der Waals surface area (Å²) in [7, 11) is 3.16. The minimum atomic E-state index is -0.0551. The highest BCUT2D eigenvalue weighted by Gasteiger charge is 2.15. The van der Waals surface area contributed by atoms with Crippen molar-refractivity contribution < 1.29 is 14.3 Å². The smallest absolute Gasteiger partial charge is 0.226 e. The molecular weight excluding hydrogens is 280 g/mol. The van der Waals surface area contributed by atoms with Crippen LogP contribution in [0.2, 0.25) is 0 Å².